The Kier molecular flexibility index (Phi) is 2.94. The summed E-state index contributed by atoms with van der Waals surface area (Å²) >= 11 is 0. The number of carboxylic acids is 1. The quantitative estimate of drug-likeness (QED) is 0.781. The van der Waals surface area contributed by atoms with Crippen LogP contribution in [0.15, 0.2) is 34.7 Å². The summed E-state index contributed by atoms with van der Waals surface area (Å²) in [6.45, 7) is 1.75. The van der Waals surface area contributed by atoms with E-state index in [2.05, 4.69) is 15.5 Å². The monoisotopic (exact) mass is 272 g/mol. The van der Waals surface area contributed by atoms with Crippen LogP contribution in [0.1, 0.15) is 19.4 Å². The number of carbonyl (C=O) groups is 1. The van der Waals surface area contributed by atoms with Crippen LogP contribution in [0.5, 0.6) is 0 Å². The minimum absolute atomic E-state index is 0.0573. The molecule has 0 aliphatic heterocycles. The van der Waals surface area contributed by atoms with Crippen molar-refractivity contribution in [3.05, 3.63) is 30.3 Å². The van der Waals surface area contributed by atoms with Crippen LogP contribution < -0.4 is 0 Å². The molecule has 7 heteroatoms. The smallest absolute Gasteiger partial charge is 0.305 e. The maximum atomic E-state index is 10.8. The van der Waals surface area contributed by atoms with E-state index in [4.69, 9.17) is 9.52 Å². The number of rotatable bonds is 4. The fourth-order valence-electron chi connectivity index (χ4n) is 2.08. The van der Waals surface area contributed by atoms with Gasteiger partial charge in [0.25, 0.3) is 0 Å². The number of hydrogen-bond acceptors (Lipinski definition) is 5. The molecule has 1 aromatic carbocycles. The minimum Gasteiger partial charge on any atom is -0.481 e. The number of nitrogens with zero attached hydrogens (tertiary/aromatic N) is 4. The predicted octanol–water partition coefficient (Wildman–Crippen LogP) is 2.12. The summed E-state index contributed by atoms with van der Waals surface area (Å²) in [6, 6.07) is 9.06. The van der Waals surface area contributed by atoms with Crippen molar-refractivity contribution in [2.45, 2.75) is 19.4 Å². The largest absolute Gasteiger partial charge is 0.481 e. The Balaban J connectivity index is 2.02. The molecule has 0 amide bonds. The number of carboxylic acid groups (broad SMARTS) is 1. The molecule has 0 aliphatic carbocycles. The van der Waals surface area contributed by atoms with Crippen LogP contribution in [-0.2, 0) is 4.79 Å². The van der Waals surface area contributed by atoms with Crippen LogP contribution in [0.4, 0.5) is 0 Å². The molecule has 2 heterocycles. The first-order chi connectivity index (χ1) is 9.65. The van der Waals surface area contributed by atoms with E-state index in [1.54, 1.807) is 6.92 Å². The molecule has 3 aromatic rings. The average molecular weight is 272 g/mol. The normalized spacial score (nSPS) is 12.7. The topological polar surface area (TPSA) is 94.0 Å². The molecule has 0 aliphatic rings. The van der Waals surface area contributed by atoms with Gasteiger partial charge in [0.2, 0.25) is 5.82 Å². The Morgan fingerprint density at radius 3 is 3.00 bits per heavy atom. The van der Waals surface area contributed by atoms with Gasteiger partial charge in [-0.25, -0.2) is 4.68 Å². The van der Waals surface area contributed by atoms with Gasteiger partial charge in [0, 0.05) is 5.39 Å². The maximum Gasteiger partial charge on any atom is 0.305 e. The molecule has 102 valence electrons. The van der Waals surface area contributed by atoms with E-state index in [1.807, 2.05) is 30.3 Å². The van der Waals surface area contributed by atoms with Crippen LogP contribution in [0.25, 0.3) is 22.6 Å². The first kappa shape index (κ1) is 12.3. The zero-order valence-corrected chi connectivity index (χ0v) is 10.7. The van der Waals surface area contributed by atoms with Crippen molar-refractivity contribution in [2.24, 2.45) is 0 Å². The van der Waals surface area contributed by atoms with E-state index in [0.29, 0.717) is 11.6 Å². The number of benzene rings is 1. The van der Waals surface area contributed by atoms with Gasteiger partial charge in [0.1, 0.15) is 5.58 Å². The predicted molar refractivity (Wildman–Crippen MR) is 70.0 cm³/mol. The molecule has 0 saturated carbocycles. The number of aliphatic carboxylic acids is 1. The fraction of sp³-hybridized carbons (Fsp3) is 0.231. The van der Waals surface area contributed by atoms with Gasteiger partial charge in [0.05, 0.1) is 12.5 Å². The standard InChI is InChI=1S/C13H12N4O3/c1-8(6-12(18)19)17-13(14-15-16-17)11-7-9-4-2-3-5-10(9)20-11/h2-5,7-8H,6H2,1H3,(H,18,19). The van der Waals surface area contributed by atoms with Crippen LogP contribution in [0.2, 0.25) is 0 Å². The number of fused-ring (bicyclic) bond motifs is 1. The third-order valence-electron chi connectivity index (χ3n) is 3.03. The highest BCUT2D eigenvalue weighted by Crippen LogP contribution is 2.27. The summed E-state index contributed by atoms with van der Waals surface area (Å²) in [4.78, 5) is 10.8. The van der Waals surface area contributed by atoms with Crippen molar-refractivity contribution in [1.82, 2.24) is 20.2 Å². The third kappa shape index (κ3) is 2.13. The summed E-state index contributed by atoms with van der Waals surface area (Å²) in [5, 5.41) is 21.2. The Morgan fingerprint density at radius 1 is 1.45 bits per heavy atom. The van der Waals surface area contributed by atoms with Gasteiger partial charge in [-0.3, -0.25) is 4.79 Å². The van der Waals surface area contributed by atoms with Crippen LogP contribution in [-0.4, -0.2) is 31.3 Å². The first-order valence-corrected chi connectivity index (χ1v) is 6.14. The zero-order valence-electron chi connectivity index (χ0n) is 10.7. The molecule has 0 saturated heterocycles. The highest BCUT2D eigenvalue weighted by Gasteiger charge is 2.19. The summed E-state index contributed by atoms with van der Waals surface area (Å²) in [7, 11) is 0. The Labute approximate surface area is 113 Å². The maximum absolute atomic E-state index is 10.8. The highest BCUT2D eigenvalue weighted by molar-refractivity contribution is 5.81. The lowest BCUT2D eigenvalue weighted by Gasteiger charge is -2.09. The summed E-state index contributed by atoms with van der Waals surface area (Å²) < 4.78 is 7.16. The van der Waals surface area contributed by atoms with Crippen molar-refractivity contribution >= 4 is 16.9 Å². The summed E-state index contributed by atoms with van der Waals surface area (Å²) in [5.41, 5.74) is 0.739. The zero-order chi connectivity index (χ0) is 14.1. The Morgan fingerprint density at radius 2 is 2.25 bits per heavy atom. The Bertz CT molecular complexity index is 729. The fourth-order valence-corrected chi connectivity index (χ4v) is 2.08. The van der Waals surface area contributed by atoms with E-state index in [1.165, 1.54) is 4.68 Å². The summed E-state index contributed by atoms with van der Waals surface area (Å²) in [6.07, 6.45) is -0.0573. The molecule has 0 bridgehead atoms. The molecule has 20 heavy (non-hydrogen) atoms. The molecule has 1 N–H and O–H groups in total. The summed E-state index contributed by atoms with van der Waals surface area (Å²) in [5.74, 6) is 0.0481. The van der Waals surface area contributed by atoms with Gasteiger partial charge in [-0.15, -0.1) is 5.10 Å². The first-order valence-electron chi connectivity index (χ1n) is 6.14. The third-order valence-corrected chi connectivity index (χ3v) is 3.03. The van der Waals surface area contributed by atoms with Gasteiger partial charge in [0.15, 0.2) is 5.76 Å². The second-order valence-corrected chi connectivity index (χ2v) is 4.54. The molecule has 0 fully saturated rings. The molecule has 1 unspecified atom stereocenters. The molecule has 2 aromatic heterocycles. The number of para-hydroxylation sites is 1. The lowest BCUT2D eigenvalue weighted by atomic mass is 10.2. The van der Waals surface area contributed by atoms with Crippen molar-refractivity contribution in [3.8, 4) is 11.6 Å². The van der Waals surface area contributed by atoms with E-state index < -0.39 is 5.97 Å². The van der Waals surface area contributed by atoms with E-state index >= 15 is 0 Å². The lowest BCUT2D eigenvalue weighted by Crippen LogP contribution is -2.13. The van der Waals surface area contributed by atoms with Crippen molar-refractivity contribution in [1.29, 1.82) is 0 Å². The van der Waals surface area contributed by atoms with Gasteiger partial charge >= 0.3 is 5.97 Å². The average Bonchev–Trinajstić information content (AvgIpc) is 3.04. The second kappa shape index (κ2) is 4.76. The van der Waals surface area contributed by atoms with Crippen molar-refractivity contribution < 1.29 is 14.3 Å². The van der Waals surface area contributed by atoms with Crippen LogP contribution >= 0.6 is 0 Å². The van der Waals surface area contributed by atoms with Crippen LogP contribution in [0, 0.1) is 0 Å². The van der Waals surface area contributed by atoms with E-state index in [0.717, 1.165) is 11.0 Å². The van der Waals surface area contributed by atoms with Gasteiger partial charge < -0.3 is 9.52 Å². The molecular weight excluding hydrogens is 260 g/mol. The number of furan rings is 1. The highest BCUT2D eigenvalue weighted by atomic mass is 16.4. The minimum atomic E-state index is -0.899. The van der Waals surface area contributed by atoms with Gasteiger partial charge in [-0.05, 0) is 29.5 Å². The van der Waals surface area contributed by atoms with Gasteiger partial charge in [-0.2, -0.15) is 0 Å². The number of hydrogen-bond donors (Lipinski definition) is 1. The number of tetrazole rings is 1. The van der Waals surface area contributed by atoms with Crippen molar-refractivity contribution in [2.75, 3.05) is 0 Å². The molecular formula is C13H12N4O3. The molecule has 0 spiro atoms. The SMILES string of the molecule is CC(CC(=O)O)n1nnnc1-c1cc2ccccc2o1. The number of aromatic nitrogens is 4. The molecule has 7 nitrogen and oxygen atoms in total. The van der Waals surface area contributed by atoms with Crippen molar-refractivity contribution in [3.63, 3.8) is 0 Å². The lowest BCUT2D eigenvalue weighted by molar-refractivity contribution is -0.137. The van der Waals surface area contributed by atoms with E-state index in [9.17, 15) is 4.79 Å². The van der Waals surface area contributed by atoms with E-state index in [-0.39, 0.29) is 12.5 Å². The Hall–Kier alpha value is -2.70. The molecule has 1 atom stereocenters. The van der Waals surface area contributed by atoms with Gasteiger partial charge in [-0.1, -0.05) is 18.2 Å². The second-order valence-electron chi connectivity index (χ2n) is 4.54. The van der Waals surface area contributed by atoms with Crippen LogP contribution in [0.3, 0.4) is 0 Å². The molecule has 3 rings (SSSR count). The molecule has 0 radical (unpaired) electrons.